The molecule has 14 heteroatoms. The first-order valence-corrected chi connectivity index (χ1v) is 8.22. The van der Waals surface area contributed by atoms with Crippen LogP contribution < -0.4 is 13.8 Å². The van der Waals surface area contributed by atoms with Crippen molar-refractivity contribution in [2.45, 2.75) is 0 Å². The van der Waals surface area contributed by atoms with E-state index < -0.39 is 41.1 Å². The first-order chi connectivity index (χ1) is 3.46. The van der Waals surface area contributed by atoms with Crippen molar-refractivity contribution in [2.75, 3.05) is 0 Å². The van der Waals surface area contributed by atoms with Crippen molar-refractivity contribution >= 4 is 41.1 Å². The van der Waals surface area contributed by atoms with Crippen molar-refractivity contribution in [3.8, 4) is 0 Å². The van der Waals surface area contributed by atoms with Gasteiger partial charge in [0.25, 0.3) is 0 Å². The van der Waals surface area contributed by atoms with Gasteiger partial charge in [-0.2, -0.15) is 0 Å². The van der Waals surface area contributed by atoms with Gasteiger partial charge in [0.2, 0.25) is 0 Å². The predicted octanol–water partition coefficient (Wildman–Crippen LogP) is -5.77. The van der Waals surface area contributed by atoms with Gasteiger partial charge >= 0.3 is 100 Å². The van der Waals surface area contributed by atoms with Crippen molar-refractivity contribution in [1.82, 2.24) is 0 Å². The summed E-state index contributed by atoms with van der Waals surface area (Å²) in [6.07, 6.45) is 0. The Labute approximate surface area is 172 Å². The van der Waals surface area contributed by atoms with Crippen molar-refractivity contribution in [3.05, 3.63) is 0 Å². The average Bonchev–Trinajstić information content (AvgIpc) is 1.25. The minimum atomic E-state index is -4.29. The van der Waals surface area contributed by atoms with E-state index in [1.54, 1.807) is 0 Å². The van der Waals surface area contributed by atoms with Gasteiger partial charge < -0.3 is 0 Å². The second kappa shape index (κ2) is 43.1. The largest absolute Gasteiger partial charge is 2.00 e. The summed E-state index contributed by atoms with van der Waals surface area (Å²) in [4.78, 5) is 0. The fourth-order valence-corrected chi connectivity index (χ4v) is 0. The number of hydrogen-bond acceptors (Lipinski definition) is 6. The molecule has 0 N–H and O–H groups in total. The van der Waals surface area contributed by atoms with E-state index in [1.807, 2.05) is 0 Å². The summed E-state index contributed by atoms with van der Waals surface area (Å²) in [5.41, 5.74) is 0. The number of hydrogen-bond donors (Lipinski definition) is 0. The van der Waals surface area contributed by atoms with E-state index in [9.17, 15) is 0 Å². The Morgan fingerprint density at radius 1 is 0.714 bits per heavy atom. The van der Waals surface area contributed by atoms with Crippen LogP contribution in [0.2, 0.25) is 0 Å². The Balaban J connectivity index is -0.00000000600. The van der Waals surface area contributed by atoms with Gasteiger partial charge in [-0.1, -0.05) is 0 Å². The maximum absolute atomic E-state index is 8.61. The van der Waals surface area contributed by atoms with Crippen LogP contribution in [0.4, 0.5) is 0 Å². The Morgan fingerprint density at radius 2 is 0.714 bits per heavy atom. The molecule has 0 atom stereocenters. The Morgan fingerprint density at radius 3 is 0.714 bits per heavy atom. The van der Waals surface area contributed by atoms with Crippen molar-refractivity contribution in [3.63, 3.8) is 0 Å². The summed E-state index contributed by atoms with van der Waals surface area (Å²) in [6, 6.07) is 0. The van der Waals surface area contributed by atoms with Crippen molar-refractivity contribution < 1.29 is 135 Å². The third kappa shape index (κ3) is 187. The summed E-state index contributed by atoms with van der Waals surface area (Å²) in [7, 11) is 0. The molecule has 0 amide bonds. The second-order valence-corrected chi connectivity index (χ2v) is 3.35. The van der Waals surface area contributed by atoms with Crippen LogP contribution in [-0.2, 0) is 121 Å². The summed E-state index contributed by atoms with van der Waals surface area (Å²) in [5.74, 6) is 0. The Bertz CT molecular complexity index is 87.1. The molecule has 83 valence electrons. The van der Waals surface area contributed by atoms with Crippen molar-refractivity contribution in [1.29, 1.82) is 0 Å². The fourth-order valence-electron chi connectivity index (χ4n) is 0. The molecule has 0 spiro atoms. The fraction of sp³-hybridized carbons (Fsp3) is 0. The van der Waals surface area contributed by atoms with E-state index in [0.717, 1.165) is 0 Å². The van der Waals surface area contributed by atoms with Gasteiger partial charge in [0.05, 0.1) is 0 Å². The molecule has 0 heterocycles. The topological polar surface area (TPSA) is 126 Å². The summed E-state index contributed by atoms with van der Waals surface area (Å²) in [5, 5.41) is 0. The molecule has 14 heavy (non-hydrogen) atoms. The molecule has 0 aliphatic carbocycles. The van der Waals surface area contributed by atoms with Gasteiger partial charge in [0, 0.05) is 76.0 Å². The summed E-state index contributed by atoms with van der Waals surface area (Å²) in [6.45, 7) is 0. The Hall–Kier alpha value is 4.69. The Kier molecular flexibility index (Phi) is 158. The third-order valence-electron chi connectivity index (χ3n) is 0. The summed E-state index contributed by atoms with van der Waals surface area (Å²) >= 11 is -8.59. The molecule has 0 aliphatic heterocycles. The molecule has 0 aliphatic rings. The minimum Gasteiger partial charge on any atom is 0 e. The van der Waals surface area contributed by atoms with E-state index in [2.05, 4.69) is 0 Å². The molecule has 0 unspecified atom stereocenters. The van der Waals surface area contributed by atoms with Crippen molar-refractivity contribution in [2.24, 2.45) is 0 Å². The molecule has 0 saturated carbocycles. The first-order valence-electron chi connectivity index (χ1n) is 1.22. The predicted molar refractivity (Wildman–Crippen MR) is 12.9 cm³/mol. The molecule has 0 aromatic carbocycles. The maximum Gasteiger partial charge on any atom is 2.00 e. The number of rotatable bonds is 0. The quantitative estimate of drug-likeness (QED) is 0.227. The van der Waals surface area contributed by atoms with Crippen LogP contribution in [-0.4, -0.2) is 41.1 Å². The zero-order valence-electron chi connectivity index (χ0n) is 6.48. The molecule has 0 aromatic heterocycles. The van der Waals surface area contributed by atoms with Gasteiger partial charge in [-0.15, -0.1) is 0 Å². The molecular weight excluding hydrogens is 765 g/mol. The first kappa shape index (κ1) is 51.2. The van der Waals surface area contributed by atoms with Crippen LogP contribution in [0.25, 0.3) is 0 Å². The molecule has 0 bridgehead atoms. The normalized spacial score (nSPS) is 3.71. The van der Waals surface area contributed by atoms with E-state index in [0.29, 0.717) is 0 Å². The van der Waals surface area contributed by atoms with Gasteiger partial charge in [0.1, 0.15) is 0 Å². The molecule has 0 saturated heterocycles. The standard InChI is InChI=1S/Ag.2Cu.6O.2Sn.3Zn/q;;;;;4*-1;;;;2*+2. The van der Waals surface area contributed by atoms with Crippen LogP contribution in [0.1, 0.15) is 0 Å². The molecule has 3 radical (unpaired) electrons. The molecule has 0 rings (SSSR count). The van der Waals surface area contributed by atoms with E-state index in [1.165, 1.54) is 0 Å². The van der Waals surface area contributed by atoms with E-state index in [-0.39, 0.29) is 115 Å². The van der Waals surface area contributed by atoms with E-state index >= 15 is 0 Å². The maximum atomic E-state index is 8.61. The van der Waals surface area contributed by atoms with Gasteiger partial charge in [-0.05, 0) is 0 Å². The van der Waals surface area contributed by atoms with Crippen LogP contribution in [0.3, 0.4) is 0 Å². The third-order valence-corrected chi connectivity index (χ3v) is 0. The molecule has 6 nitrogen and oxygen atoms in total. The molecular formula is AgCu2O6Sn2Zn3. The van der Waals surface area contributed by atoms with Gasteiger partial charge in [0.15, 0.2) is 0 Å². The molecule has 0 fully saturated rings. The monoisotopic (exact) mass is 760 g/mol. The minimum absolute atomic E-state index is 0. The van der Waals surface area contributed by atoms with E-state index in [4.69, 9.17) is 19.9 Å². The zero-order valence-corrected chi connectivity index (χ0v) is 24.5. The molecule has 0 aromatic rings. The summed E-state index contributed by atoms with van der Waals surface area (Å²) < 4.78 is 51.7. The van der Waals surface area contributed by atoms with Crippen LogP contribution in [0.5, 0.6) is 0 Å². The smallest absolute Gasteiger partial charge is 0 e. The van der Waals surface area contributed by atoms with Crippen LogP contribution in [0.15, 0.2) is 0 Å². The second-order valence-electron chi connectivity index (χ2n) is 0.500. The zero-order chi connectivity index (χ0) is 7.15. The van der Waals surface area contributed by atoms with Crippen LogP contribution in [0, 0.1) is 0 Å². The SMILES string of the molecule is [Ag].[Cu].[Cu].[O]=[Sn]([O-])[O-].[O]=[Sn]([O-])[O-].[Zn+2].[Zn+2].[Zn]. The van der Waals surface area contributed by atoms with Gasteiger partial charge in [-0.25, -0.2) is 0 Å². The van der Waals surface area contributed by atoms with Crippen LogP contribution >= 0.6 is 0 Å². The average molecular weight is 765 g/mol. The van der Waals surface area contributed by atoms with Gasteiger partial charge in [-0.3, -0.25) is 0 Å².